The highest BCUT2D eigenvalue weighted by Crippen LogP contribution is 2.43. The number of nitrogens with two attached hydrogens (primary N) is 1. The van der Waals surface area contributed by atoms with Crippen LogP contribution < -0.4 is 21.3 Å². The third-order valence-corrected chi connectivity index (χ3v) is 17.3. The fraction of sp³-hybridized carbons (Fsp3) is 0.526. The van der Waals surface area contributed by atoms with Crippen LogP contribution in [0.25, 0.3) is 11.1 Å². The first kappa shape index (κ1) is 57.8. The lowest BCUT2D eigenvalue weighted by atomic mass is 9.88. The third kappa shape index (κ3) is 13.0. The molecule has 4 amide bonds. The molecule has 5 atom stereocenters. The van der Waals surface area contributed by atoms with Crippen LogP contribution in [0, 0.1) is 28.9 Å². The van der Waals surface area contributed by atoms with Gasteiger partial charge in [-0.25, -0.2) is 13.8 Å². The summed E-state index contributed by atoms with van der Waals surface area (Å²) in [7, 11) is 5.06. The Morgan fingerprint density at radius 1 is 0.938 bits per heavy atom. The van der Waals surface area contributed by atoms with Crippen molar-refractivity contribution in [1.82, 2.24) is 45.0 Å². The van der Waals surface area contributed by atoms with Gasteiger partial charge in [0, 0.05) is 74.5 Å². The summed E-state index contributed by atoms with van der Waals surface area (Å²) in [6.45, 7) is 6.83. The number of nitrogen functional groups attached to an aromatic ring is 1. The number of likely N-dealkylation sites (tertiary alicyclic amines) is 2. The Morgan fingerprint density at radius 3 is 2.41 bits per heavy atom. The first-order valence-corrected chi connectivity index (χ1v) is 28.6. The number of Topliss-reactive ketones (excluding diaryl/α,β-unsaturated/α-hetero) is 1. The number of hydrogen-bond acceptors (Lipinski definition) is 16. The zero-order valence-corrected chi connectivity index (χ0v) is 46.7. The van der Waals surface area contributed by atoms with Gasteiger partial charge in [0.05, 0.1) is 80.5 Å². The Balaban J connectivity index is 0.726. The Bertz CT molecular complexity index is 3000. The number of halogens is 2. The van der Waals surface area contributed by atoms with Gasteiger partial charge in [0.15, 0.2) is 11.5 Å². The smallest absolute Gasteiger partial charge is 0.254 e. The fourth-order valence-corrected chi connectivity index (χ4v) is 12.7. The van der Waals surface area contributed by atoms with Crippen LogP contribution in [-0.4, -0.2) is 186 Å². The molecule has 23 heteroatoms. The lowest BCUT2D eigenvalue weighted by Crippen LogP contribution is -2.58. The Labute approximate surface area is 469 Å². The molecule has 1 unspecified atom stereocenters. The molecule has 7 heterocycles. The van der Waals surface area contributed by atoms with E-state index in [9.17, 15) is 38.0 Å². The predicted molar refractivity (Wildman–Crippen MR) is 299 cm³/mol. The normalized spacial score (nSPS) is 20.2. The van der Waals surface area contributed by atoms with Gasteiger partial charge in [0.2, 0.25) is 17.7 Å². The Hall–Kier alpha value is -6.84. The molecular weight excluding hydrogens is 1050 g/mol. The lowest BCUT2D eigenvalue weighted by molar-refractivity contribution is -0.138. The molecule has 0 spiro atoms. The third-order valence-electron chi connectivity index (χ3n) is 16.1. The molecule has 3 saturated heterocycles. The van der Waals surface area contributed by atoms with Gasteiger partial charge in [-0.2, -0.15) is 10.4 Å². The topological polar surface area (TPSA) is 237 Å². The molecule has 5 aliphatic heterocycles. The lowest BCUT2D eigenvalue weighted by Gasteiger charge is -2.38. The van der Waals surface area contributed by atoms with Gasteiger partial charge in [-0.3, -0.25) is 33.6 Å². The quantitative estimate of drug-likeness (QED) is 0.0805. The monoisotopic (exact) mass is 1120 g/mol. The average molecular weight is 1120 g/mol. The number of hydrogen-bond donors (Lipinski definition) is 3. The summed E-state index contributed by atoms with van der Waals surface area (Å²) >= 11 is 1.48. The molecular formula is C57H71F2N13O7S. The molecule has 5 aliphatic rings. The van der Waals surface area contributed by atoms with E-state index < -0.39 is 29.8 Å². The summed E-state index contributed by atoms with van der Waals surface area (Å²) in [5.74, 6) is -1.24. The van der Waals surface area contributed by atoms with Crippen molar-refractivity contribution in [3.63, 3.8) is 0 Å². The zero-order chi connectivity index (χ0) is 56.6. The van der Waals surface area contributed by atoms with Crippen molar-refractivity contribution < 1.29 is 42.2 Å². The summed E-state index contributed by atoms with van der Waals surface area (Å²) in [4.78, 5) is 87.2. The number of aliphatic imine (C=N–C) groups is 1. The van der Waals surface area contributed by atoms with Crippen molar-refractivity contribution in [2.75, 3.05) is 103 Å². The highest BCUT2D eigenvalue weighted by atomic mass is 32.2. The molecule has 2 bridgehead atoms. The summed E-state index contributed by atoms with van der Waals surface area (Å²) in [5, 5.41) is 21.9. The number of likely N-dealkylation sites (N-methyl/N-ethyl adjacent to an activating group) is 2. The maximum atomic E-state index is 14.8. The molecule has 4 N–H and O–H groups in total. The van der Waals surface area contributed by atoms with Crippen molar-refractivity contribution in [2.24, 2.45) is 10.9 Å². The number of ether oxygens (including phenoxy) is 2. The SMILES string of the molecule is CN[C@H](C)C(=O)N[C@@H](C(=O)N1CCC[C@@H]1C1=NC(C(=O)c2ccc(F)cc2)CS1)C1CCN(CCOCCOCCC(=O)N(C)CCn2nc(C#N)c3c2CN(C)C(=O)c2ccc(F)cc2[C@H]2CCCN2c2cc-3cnc2N)CC1. The number of rotatable bonds is 20. The summed E-state index contributed by atoms with van der Waals surface area (Å²) in [6, 6.07) is 11.4. The number of nitrogens with one attached hydrogen (secondary N) is 2. The van der Waals surface area contributed by atoms with Crippen molar-refractivity contribution in [1.29, 1.82) is 5.26 Å². The minimum Gasteiger partial charge on any atom is -0.382 e. The second-order valence-corrected chi connectivity index (χ2v) is 22.2. The molecule has 20 nitrogen and oxygen atoms in total. The van der Waals surface area contributed by atoms with Gasteiger partial charge < -0.3 is 50.3 Å². The molecule has 0 saturated carbocycles. The van der Waals surface area contributed by atoms with Crippen LogP contribution in [0.1, 0.15) is 95.6 Å². The molecule has 2 aromatic carbocycles. The van der Waals surface area contributed by atoms with E-state index in [0.717, 1.165) is 31.0 Å². The van der Waals surface area contributed by atoms with Gasteiger partial charge in [-0.05, 0) is 126 Å². The van der Waals surface area contributed by atoms with Crippen LogP contribution in [0.2, 0.25) is 0 Å². The second kappa shape index (κ2) is 26.2. The summed E-state index contributed by atoms with van der Waals surface area (Å²) < 4.78 is 41.7. The van der Waals surface area contributed by atoms with Crippen LogP contribution >= 0.6 is 11.8 Å². The minimum atomic E-state index is -0.723. The molecule has 426 valence electrons. The van der Waals surface area contributed by atoms with Crippen LogP contribution in [0.5, 0.6) is 0 Å². The van der Waals surface area contributed by atoms with E-state index in [1.165, 1.54) is 59.1 Å². The van der Waals surface area contributed by atoms with E-state index in [-0.39, 0.29) is 91.6 Å². The number of fused-ring (bicyclic) bond motifs is 8. The van der Waals surface area contributed by atoms with Gasteiger partial charge in [-0.15, -0.1) is 11.8 Å². The molecule has 0 radical (unpaired) electrons. The van der Waals surface area contributed by atoms with E-state index in [4.69, 9.17) is 20.2 Å². The molecule has 9 rings (SSSR count). The number of nitrogens with zero attached hydrogens (tertiary/aromatic N) is 10. The van der Waals surface area contributed by atoms with E-state index >= 15 is 0 Å². The second-order valence-electron chi connectivity index (χ2n) is 21.2. The first-order chi connectivity index (χ1) is 38.6. The van der Waals surface area contributed by atoms with Crippen molar-refractivity contribution in [3.8, 4) is 17.2 Å². The number of ketones is 1. The van der Waals surface area contributed by atoms with E-state index in [1.54, 1.807) is 43.8 Å². The zero-order valence-electron chi connectivity index (χ0n) is 45.9. The summed E-state index contributed by atoms with van der Waals surface area (Å²) in [6.07, 6.45) is 6.10. The molecule has 2 aromatic heterocycles. The number of pyridine rings is 1. The van der Waals surface area contributed by atoms with E-state index in [2.05, 4.69) is 36.6 Å². The number of aromatic nitrogens is 3. The summed E-state index contributed by atoms with van der Waals surface area (Å²) in [5.41, 5.74) is 10.3. The van der Waals surface area contributed by atoms with Crippen molar-refractivity contribution in [3.05, 3.63) is 94.4 Å². The highest BCUT2D eigenvalue weighted by Gasteiger charge is 2.43. The molecule has 80 heavy (non-hydrogen) atoms. The number of nitriles is 1. The number of carbonyl (C=O) groups excluding carboxylic acids is 5. The fourth-order valence-electron chi connectivity index (χ4n) is 11.5. The highest BCUT2D eigenvalue weighted by molar-refractivity contribution is 8.14. The minimum absolute atomic E-state index is 0.0635. The molecule has 4 aromatic rings. The largest absolute Gasteiger partial charge is 0.382 e. The van der Waals surface area contributed by atoms with E-state index in [0.29, 0.717) is 110 Å². The number of piperidine rings is 1. The van der Waals surface area contributed by atoms with Crippen LogP contribution in [0.3, 0.4) is 0 Å². The maximum Gasteiger partial charge on any atom is 0.254 e. The Kier molecular flexibility index (Phi) is 18.9. The molecule has 0 aliphatic carbocycles. The average Bonchev–Trinajstić information content (AvgIpc) is 4.32. The standard InChI is InChI=1S/C57H71F2N13O7S/c1-35(62-2)54(75)65-51(57(77)71-19-6-8-46(71)55-64-44(34-80-55)52(74)37-9-11-39(58)12-10-37)36-15-20-69(21-16-36)24-26-79-28-27-78-25-17-49(73)67(3)22-23-72-48-33-68(4)56(76)41-14-13-40(59)30-42(41)45-7-5-18-70(45)47-29-38(32-63-53(47)61)50(48)43(31-60)66-72/h9-14,29-30,32,35-36,44-46,51,62H,5-8,15-28,33-34H2,1-4H3,(H2,61,63)(H,65,75)/t35-,44?,45-,46-,51-/m1/s1. The first-order valence-electron chi connectivity index (χ1n) is 27.6. The van der Waals surface area contributed by atoms with Crippen molar-refractivity contribution in [2.45, 2.75) is 95.2 Å². The number of carbonyl (C=O) groups is 5. The van der Waals surface area contributed by atoms with Gasteiger partial charge in [0.1, 0.15) is 35.6 Å². The number of benzene rings is 2. The van der Waals surface area contributed by atoms with Crippen LogP contribution in [0.4, 0.5) is 20.3 Å². The van der Waals surface area contributed by atoms with Gasteiger partial charge in [0.25, 0.3) is 5.91 Å². The predicted octanol–water partition coefficient (Wildman–Crippen LogP) is 4.68. The molecule has 3 fully saturated rings. The number of amides is 4. The number of thioether (sulfide) groups is 1. The van der Waals surface area contributed by atoms with Crippen LogP contribution in [-0.2, 0) is 36.9 Å². The maximum absolute atomic E-state index is 14.8. The van der Waals surface area contributed by atoms with Gasteiger partial charge in [-0.1, -0.05) is 0 Å². The van der Waals surface area contributed by atoms with E-state index in [1.807, 2.05) is 11.0 Å². The number of anilines is 2. The van der Waals surface area contributed by atoms with Crippen molar-refractivity contribution >= 4 is 57.7 Å². The van der Waals surface area contributed by atoms with Crippen LogP contribution in [0.15, 0.2) is 59.7 Å². The Morgan fingerprint density at radius 2 is 1.66 bits per heavy atom. The van der Waals surface area contributed by atoms with Gasteiger partial charge >= 0.3 is 0 Å².